The minimum atomic E-state index is 0.201. The van der Waals surface area contributed by atoms with Crippen molar-refractivity contribution < 1.29 is 18.6 Å². The first-order valence-electron chi connectivity index (χ1n) is 9.26. The van der Waals surface area contributed by atoms with Crippen LogP contribution in [0.15, 0.2) is 40.8 Å². The van der Waals surface area contributed by atoms with Crippen LogP contribution < -0.4 is 19.5 Å². The average Bonchev–Trinajstić information content (AvgIpc) is 3.18. The van der Waals surface area contributed by atoms with Gasteiger partial charge in [0, 0.05) is 12.6 Å². The number of benzene rings is 2. The summed E-state index contributed by atoms with van der Waals surface area (Å²) < 4.78 is 21.8. The van der Waals surface area contributed by atoms with Gasteiger partial charge in [-0.3, -0.25) is 0 Å². The summed E-state index contributed by atoms with van der Waals surface area (Å²) in [6, 6.07) is 13.8. The van der Waals surface area contributed by atoms with Crippen molar-refractivity contribution in [2.75, 3.05) is 26.6 Å². The lowest BCUT2D eigenvalue weighted by Crippen LogP contribution is -1.99. The van der Waals surface area contributed by atoms with E-state index >= 15 is 0 Å². The molecule has 0 unspecified atom stereocenters. The summed E-state index contributed by atoms with van der Waals surface area (Å²) >= 11 is 0. The Hall–Kier alpha value is -3.92. The van der Waals surface area contributed by atoms with Gasteiger partial charge in [0.15, 0.2) is 11.5 Å². The van der Waals surface area contributed by atoms with Crippen molar-refractivity contribution in [1.29, 1.82) is 5.26 Å². The molecule has 3 rings (SSSR count). The van der Waals surface area contributed by atoms with E-state index in [9.17, 15) is 5.26 Å². The number of hydrogen-bond acceptors (Lipinski definition) is 7. The van der Waals surface area contributed by atoms with Gasteiger partial charge in [-0.25, -0.2) is 0 Å². The van der Waals surface area contributed by atoms with Crippen LogP contribution in [0.25, 0.3) is 12.2 Å². The number of aryl methyl sites for hydroxylation is 1. The molecule has 1 aromatic heterocycles. The summed E-state index contributed by atoms with van der Waals surface area (Å²) in [5.41, 5.74) is 3.27. The Bertz CT molecular complexity index is 1050. The van der Waals surface area contributed by atoms with Crippen molar-refractivity contribution in [2.24, 2.45) is 0 Å². The maximum atomic E-state index is 9.36. The molecular weight excluding hydrogens is 382 g/mol. The predicted molar refractivity (Wildman–Crippen MR) is 115 cm³/mol. The number of rotatable bonds is 8. The molecular formula is C23H23N3O4. The third-order valence-corrected chi connectivity index (χ3v) is 4.43. The first-order chi connectivity index (χ1) is 14.6. The topological polar surface area (TPSA) is 89.5 Å². The molecule has 30 heavy (non-hydrogen) atoms. The molecule has 0 amide bonds. The Labute approximate surface area is 175 Å². The van der Waals surface area contributed by atoms with E-state index in [-0.39, 0.29) is 5.69 Å². The predicted octanol–water partition coefficient (Wildman–Crippen LogP) is 4.66. The molecule has 0 radical (unpaired) electrons. The van der Waals surface area contributed by atoms with Crippen LogP contribution in [-0.4, -0.2) is 26.3 Å². The van der Waals surface area contributed by atoms with E-state index < -0.39 is 0 Å². The second-order valence-corrected chi connectivity index (χ2v) is 6.47. The number of ether oxygens (including phenoxy) is 3. The summed E-state index contributed by atoms with van der Waals surface area (Å²) in [7, 11) is 4.67. The smallest absolute Gasteiger partial charge is 0.232 e. The Balaban J connectivity index is 1.79. The third-order valence-electron chi connectivity index (χ3n) is 4.43. The van der Waals surface area contributed by atoms with Gasteiger partial charge in [-0.1, -0.05) is 29.8 Å². The van der Waals surface area contributed by atoms with E-state index in [0.29, 0.717) is 35.6 Å². The van der Waals surface area contributed by atoms with E-state index in [1.54, 1.807) is 33.5 Å². The van der Waals surface area contributed by atoms with Crippen LogP contribution in [0.1, 0.15) is 28.3 Å². The lowest BCUT2D eigenvalue weighted by molar-refractivity contribution is 0.324. The van der Waals surface area contributed by atoms with Gasteiger partial charge in [-0.05, 0) is 36.3 Å². The molecule has 0 atom stereocenters. The van der Waals surface area contributed by atoms with Crippen molar-refractivity contribution in [3.8, 4) is 23.3 Å². The number of methoxy groups -OCH3 is 3. The second kappa shape index (κ2) is 9.52. The molecule has 0 bridgehead atoms. The SMILES string of the molecule is COc1cc(/C=C/c2nc(C#N)c(NCc3ccc(C)cc3)o2)cc(OC)c1OC. The number of nitrogens with one attached hydrogen (secondary N) is 1. The van der Waals surface area contributed by atoms with Crippen molar-refractivity contribution >= 4 is 18.0 Å². The maximum absolute atomic E-state index is 9.36. The zero-order valence-electron chi connectivity index (χ0n) is 17.4. The minimum absolute atomic E-state index is 0.201. The number of nitriles is 1. The van der Waals surface area contributed by atoms with E-state index in [0.717, 1.165) is 11.1 Å². The van der Waals surface area contributed by atoms with Crippen LogP contribution in [0.5, 0.6) is 17.2 Å². The molecule has 2 aromatic carbocycles. The Morgan fingerprint density at radius 1 is 1.03 bits per heavy atom. The number of nitrogens with zero attached hydrogens (tertiary/aromatic N) is 2. The van der Waals surface area contributed by atoms with Crippen molar-refractivity contribution in [3.05, 3.63) is 64.7 Å². The summed E-state index contributed by atoms with van der Waals surface area (Å²) in [5, 5.41) is 12.5. The molecule has 0 aliphatic rings. The maximum Gasteiger partial charge on any atom is 0.232 e. The van der Waals surface area contributed by atoms with Crippen LogP contribution >= 0.6 is 0 Å². The van der Waals surface area contributed by atoms with Gasteiger partial charge in [0.05, 0.1) is 21.3 Å². The Morgan fingerprint density at radius 3 is 2.27 bits per heavy atom. The highest BCUT2D eigenvalue weighted by atomic mass is 16.5. The highest BCUT2D eigenvalue weighted by Gasteiger charge is 2.13. The lowest BCUT2D eigenvalue weighted by Gasteiger charge is -2.12. The molecule has 0 aliphatic heterocycles. The summed E-state index contributed by atoms with van der Waals surface area (Å²) in [5.74, 6) is 2.25. The standard InChI is InChI=1S/C23H23N3O4/c1-15-5-7-16(8-6-15)14-25-23-18(13-24)26-21(30-23)10-9-17-11-19(27-2)22(29-4)20(12-17)28-3/h5-12,25H,14H2,1-4H3/b10-9+. The van der Waals surface area contributed by atoms with Gasteiger partial charge in [-0.2, -0.15) is 10.2 Å². The van der Waals surface area contributed by atoms with Crippen LogP contribution in [0.3, 0.4) is 0 Å². The van der Waals surface area contributed by atoms with Crippen molar-refractivity contribution in [1.82, 2.24) is 4.98 Å². The number of anilines is 1. The number of hydrogen-bond donors (Lipinski definition) is 1. The van der Waals surface area contributed by atoms with Crippen LogP contribution in [0, 0.1) is 18.3 Å². The van der Waals surface area contributed by atoms with E-state index in [1.807, 2.05) is 43.3 Å². The monoisotopic (exact) mass is 405 g/mol. The van der Waals surface area contributed by atoms with E-state index in [4.69, 9.17) is 18.6 Å². The van der Waals surface area contributed by atoms with E-state index in [1.165, 1.54) is 5.56 Å². The molecule has 0 fully saturated rings. The molecule has 0 saturated heterocycles. The molecule has 7 nitrogen and oxygen atoms in total. The lowest BCUT2D eigenvalue weighted by atomic mass is 10.1. The zero-order valence-corrected chi connectivity index (χ0v) is 17.4. The Morgan fingerprint density at radius 2 is 1.70 bits per heavy atom. The number of oxazole rings is 1. The molecule has 0 aliphatic carbocycles. The first kappa shape index (κ1) is 20.8. The first-order valence-corrected chi connectivity index (χ1v) is 9.26. The highest BCUT2D eigenvalue weighted by Crippen LogP contribution is 2.38. The van der Waals surface area contributed by atoms with Crippen LogP contribution in [0.4, 0.5) is 5.88 Å². The molecule has 0 saturated carbocycles. The molecule has 7 heteroatoms. The summed E-state index contributed by atoms with van der Waals surface area (Å²) in [6.07, 6.45) is 3.47. The van der Waals surface area contributed by atoms with Gasteiger partial charge in [0.25, 0.3) is 0 Å². The molecule has 0 spiro atoms. The number of aromatic nitrogens is 1. The van der Waals surface area contributed by atoms with Crippen molar-refractivity contribution in [2.45, 2.75) is 13.5 Å². The fraction of sp³-hybridized carbons (Fsp3) is 0.217. The fourth-order valence-corrected chi connectivity index (χ4v) is 2.86. The zero-order chi connectivity index (χ0) is 21.5. The van der Waals surface area contributed by atoms with Gasteiger partial charge >= 0.3 is 0 Å². The largest absolute Gasteiger partial charge is 0.493 e. The van der Waals surface area contributed by atoms with Crippen LogP contribution in [-0.2, 0) is 6.54 Å². The minimum Gasteiger partial charge on any atom is -0.493 e. The fourth-order valence-electron chi connectivity index (χ4n) is 2.86. The summed E-state index contributed by atoms with van der Waals surface area (Å²) in [4.78, 5) is 4.22. The van der Waals surface area contributed by atoms with Crippen LogP contribution in [0.2, 0.25) is 0 Å². The van der Waals surface area contributed by atoms with Crippen molar-refractivity contribution in [3.63, 3.8) is 0 Å². The normalized spacial score (nSPS) is 10.6. The second-order valence-electron chi connectivity index (χ2n) is 6.47. The molecule has 1 N–H and O–H groups in total. The van der Waals surface area contributed by atoms with Gasteiger partial charge < -0.3 is 23.9 Å². The van der Waals surface area contributed by atoms with Gasteiger partial charge in [-0.15, -0.1) is 0 Å². The molecule has 1 heterocycles. The average molecular weight is 405 g/mol. The molecule has 3 aromatic rings. The quantitative estimate of drug-likeness (QED) is 0.583. The van der Waals surface area contributed by atoms with Gasteiger partial charge in [0.1, 0.15) is 6.07 Å². The Kier molecular flexibility index (Phi) is 6.60. The summed E-state index contributed by atoms with van der Waals surface area (Å²) in [6.45, 7) is 2.56. The van der Waals surface area contributed by atoms with Gasteiger partial charge in [0.2, 0.25) is 23.2 Å². The highest BCUT2D eigenvalue weighted by molar-refractivity contribution is 5.71. The molecule has 154 valence electrons. The third kappa shape index (κ3) is 4.73. The van der Waals surface area contributed by atoms with E-state index in [2.05, 4.69) is 16.4 Å².